The molecule has 4 nitrogen and oxygen atoms in total. The lowest BCUT2D eigenvalue weighted by atomic mass is 10.1. The Labute approximate surface area is 111 Å². The van der Waals surface area contributed by atoms with Gasteiger partial charge in [-0.05, 0) is 6.07 Å². The maximum Gasteiger partial charge on any atom is 0.347 e. The highest BCUT2D eigenvalue weighted by Gasteiger charge is 2.30. The molecular formula is C14H18FNO3. The Bertz CT molecular complexity index is 462. The minimum Gasteiger partial charge on any atom is -0.475 e. The van der Waals surface area contributed by atoms with Crippen LogP contribution in [0.15, 0.2) is 18.2 Å². The molecule has 0 amide bonds. The lowest BCUT2D eigenvalue weighted by molar-refractivity contribution is -0.143. The summed E-state index contributed by atoms with van der Waals surface area (Å²) in [5.74, 6) is -0.742. The van der Waals surface area contributed by atoms with Gasteiger partial charge in [0, 0.05) is 24.6 Å². The molecule has 1 N–H and O–H groups in total. The van der Waals surface area contributed by atoms with Crippen molar-refractivity contribution >= 4 is 5.97 Å². The third-order valence-corrected chi connectivity index (χ3v) is 2.90. The summed E-state index contributed by atoms with van der Waals surface area (Å²) in [6, 6.07) is 5.03. The molecule has 2 rings (SSSR count). The number of benzene rings is 1. The molecule has 104 valence electrons. The van der Waals surface area contributed by atoms with Crippen LogP contribution in [0.5, 0.6) is 5.75 Å². The second-order valence-corrected chi connectivity index (χ2v) is 4.83. The van der Waals surface area contributed by atoms with E-state index in [-0.39, 0.29) is 11.8 Å². The number of carbonyl (C=O) groups is 1. The number of ether oxygens (including phenoxy) is 2. The van der Waals surface area contributed by atoms with E-state index < -0.39 is 17.9 Å². The second kappa shape index (κ2) is 6.02. The molecule has 1 saturated heterocycles. The van der Waals surface area contributed by atoms with Gasteiger partial charge in [-0.3, -0.25) is 0 Å². The van der Waals surface area contributed by atoms with E-state index in [1.807, 2.05) is 13.8 Å². The molecule has 1 heterocycles. The van der Waals surface area contributed by atoms with E-state index >= 15 is 0 Å². The Morgan fingerprint density at radius 1 is 1.53 bits per heavy atom. The van der Waals surface area contributed by atoms with Crippen molar-refractivity contribution in [3.63, 3.8) is 0 Å². The predicted molar refractivity (Wildman–Crippen MR) is 68.4 cm³/mol. The maximum absolute atomic E-state index is 13.9. The first kappa shape index (κ1) is 13.8. The first-order valence-electron chi connectivity index (χ1n) is 6.42. The molecule has 0 radical (unpaired) electrons. The number of para-hydroxylation sites is 1. The molecular weight excluding hydrogens is 249 g/mol. The summed E-state index contributed by atoms with van der Waals surface area (Å²) in [4.78, 5) is 11.4. The highest BCUT2D eigenvalue weighted by Crippen LogP contribution is 2.26. The van der Waals surface area contributed by atoms with Crippen LogP contribution in [0.1, 0.15) is 25.8 Å². The number of hydrogen-bond donors (Lipinski definition) is 1. The zero-order chi connectivity index (χ0) is 13.8. The van der Waals surface area contributed by atoms with E-state index in [4.69, 9.17) is 9.47 Å². The zero-order valence-electron chi connectivity index (χ0n) is 11.1. The van der Waals surface area contributed by atoms with Crippen molar-refractivity contribution in [3.05, 3.63) is 29.6 Å². The van der Waals surface area contributed by atoms with Crippen molar-refractivity contribution in [3.8, 4) is 5.75 Å². The summed E-state index contributed by atoms with van der Waals surface area (Å²) in [7, 11) is 0. The highest BCUT2D eigenvalue weighted by molar-refractivity contribution is 5.76. The van der Waals surface area contributed by atoms with E-state index in [1.54, 1.807) is 12.1 Å². The van der Waals surface area contributed by atoms with Crippen molar-refractivity contribution in [2.45, 2.75) is 39.0 Å². The van der Waals surface area contributed by atoms with Gasteiger partial charge in [-0.15, -0.1) is 0 Å². The molecule has 1 atom stereocenters. The smallest absolute Gasteiger partial charge is 0.347 e. The van der Waals surface area contributed by atoms with Gasteiger partial charge in [0.2, 0.25) is 0 Å². The van der Waals surface area contributed by atoms with E-state index in [1.165, 1.54) is 6.07 Å². The third kappa shape index (κ3) is 3.44. The monoisotopic (exact) mass is 267 g/mol. The Morgan fingerprint density at radius 2 is 2.32 bits per heavy atom. The standard InChI is InChI=1S/C14H18FNO3/c1-9(2)16-8-10-4-3-5-11(15)13(10)19-12-6-7-18-14(12)17/h3-5,9,12,16H,6-8H2,1-2H3. The van der Waals surface area contributed by atoms with Gasteiger partial charge in [-0.2, -0.15) is 0 Å². The molecule has 1 fully saturated rings. The summed E-state index contributed by atoms with van der Waals surface area (Å²) in [5, 5.41) is 3.20. The van der Waals surface area contributed by atoms with Gasteiger partial charge in [-0.1, -0.05) is 26.0 Å². The summed E-state index contributed by atoms with van der Waals surface area (Å²) in [5.41, 5.74) is 0.702. The Kier molecular flexibility index (Phi) is 4.37. The number of carbonyl (C=O) groups excluding carboxylic acids is 1. The van der Waals surface area contributed by atoms with Crippen LogP contribution in [0.3, 0.4) is 0 Å². The van der Waals surface area contributed by atoms with Gasteiger partial charge in [0.25, 0.3) is 0 Å². The summed E-state index contributed by atoms with van der Waals surface area (Å²) >= 11 is 0. The maximum atomic E-state index is 13.9. The molecule has 0 aliphatic carbocycles. The molecule has 0 spiro atoms. The third-order valence-electron chi connectivity index (χ3n) is 2.90. The molecule has 0 bridgehead atoms. The molecule has 0 saturated carbocycles. The topological polar surface area (TPSA) is 47.6 Å². The summed E-state index contributed by atoms with van der Waals surface area (Å²) < 4.78 is 24.2. The van der Waals surface area contributed by atoms with Crippen LogP contribution in [0, 0.1) is 5.82 Å². The van der Waals surface area contributed by atoms with Crippen molar-refractivity contribution in [2.75, 3.05) is 6.61 Å². The van der Waals surface area contributed by atoms with Crippen LogP contribution in [0.4, 0.5) is 4.39 Å². The van der Waals surface area contributed by atoms with Gasteiger partial charge >= 0.3 is 5.97 Å². The van der Waals surface area contributed by atoms with Crippen molar-refractivity contribution in [1.29, 1.82) is 0 Å². The van der Waals surface area contributed by atoms with Crippen molar-refractivity contribution in [1.82, 2.24) is 5.32 Å². The van der Waals surface area contributed by atoms with Crippen LogP contribution in [0.25, 0.3) is 0 Å². The Morgan fingerprint density at radius 3 is 2.95 bits per heavy atom. The van der Waals surface area contributed by atoms with Crippen LogP contribution >= 0.6 is 0 Å². The van der Waals surface area contributed by atoms with Gasteiger partial charge in [-0.25, -0.2) is 9.18 Å². The molecule has 5 heteroatoms. The minimum atomic E-state index is -0.699. The Hall–Kier alpha value is -1.62. The van der Waals surface area contributed by atoms with Gasteiger partial charge in [0.1, 0.15) is 0 Å². The van der Waals surface area contributed by atoms with Crippen LogP contribution < -0.4 is 10.1 Å². The van der Waals surface area contributed by atoms with E-state index in [0.29, 0.717) is 25.1 Å². The zero-order valence-corrected chi connectivity index (χ0v) is 11.1. The summed E-state index contributed by atoms with van der Waals surface area (Å²) in [6.07, 6.45) is -0.237. The first-order chi connectivity index (χ1) is 9.08. The van der Waals surface area contributed by atoms with E-state index in [9.17, 15) is 9.18 Å². The SMILES string of the molecule is CC(C)NCc1cccc(F)c1OC1CCOC1=O. The number of cyclic esters (lactones) is 1. The van der Waals surface area contributed by atoms with Crippen molar-refractivity contribution < 1.29 is 18.7 Å². The number of rotatable bonds is 5. The molecule has 1 aliphatic heterocycles. The number of hydrogen-bond acceptors (Lipinski definition) is 4. The van der Waals surface area contributed by atoms with Crippen molar-refractivity contribution in [2.24, 2.45) is 0 Å². The fraction of sp³-hybridized carbons (Fsp3) is 0.500. The lowest BCUT2D eigenvalue weighted by Gasteiger charge is -2.16. The normalized spacial score (nSPS) is 18.7. The molecule has 1 aromatic rings. The van der Waals surface area contributed by atoms with Gasteiger partial charge in [0.15, 0.2) is 17.7 Å². The second-order valence-electron chi connectivity index (χ2n) is 4.83. The van der Waals surface area contributed by atoms with E-state index in [2.05, 4.69) is 5.32 Å². The highest BCUT2D eigenvalue weighted by atomic mass is 19.1. The molecule has 19 heavy (non-hydrogen) atoms. The summed E-state index contributed by atoms with van der Waals surface area (Å²) in [6.45, 7) is 4.84. The number of halogens is 1. The number of esters is 1. The largest absolute Gasteiger partial charge is 0.475 e. The predicted octanol–water partition coefficient (Wildman–Crippen LogP) is 2.02. The van der Waals surface area contributed by atoms with Gasteiger partial charge < -0.3 is 14.8 Å². The average Bonchev–Trinajstić information content (AvgIpc) is 2.76. The van der Waals surface area contributed by atoms with Gasteiger partial charge in [0.05, 0.1) is 6.61 Å². The number of nitrogens with one attached hydrogen (secondary N) is 1. The first-order valence-corrected chi connectivity index (χ1v) is 6.42. The molecule has 1 unspecified atom stereocenters. The lowest BCUT2D eigenvalue weighted by Crippen LogP contribution is -2.25. The molecule has 0 aromatic heterocycles. The quantitative estimate of drug-likeness (QED) is 0.829. The molecule has 1 aliphatic rings. The van der Waals surface area contributed by atoms with Crippen LogP contribution in [0.2, 0.25) is 0 Å². The Balaban J connectivity index is 2.15. The molecule has 1 aromatic carbocycles. The fourth-order valence-corrected chi connectivity index (χ4v) is 1.87. The van der Waals surface area contributed by atoms with Crippen LogP contribution in [-0.2, 0) is 16.1 Å². The average molecular weight is 267 g/mol. The fourth-order valence-electron chi connectivity index (χ4n) is 1.87. The minimum absolute atomic E-state index is 0.138. The van der Waals surface area contributed by atoms with Crippen LogP contribution in [-0.4, -0.2) is 24.7 Å². The van der Waals surface area contributed by atoms with E-state index in [0.717, 1.165) is 0 Å².